The number of fused-ring (bicyclic) bond motifs is 3. The highest BCUT2D eigenvalue weighted by molar-refractivity contribution is 6.01. The van der Waals surface area contributed by atoms with Gasteiger partial charge in [-0.2, -0.15) is 0 Å². The van der Waals surface area contributed by atoms with Crippen molar-refractivity contribution in [3.63, 3.8) is 0 Å². The van der Waals surface area contributed by atoms with Crippen molar-refractivity contribution in [2.75, 3.05) is 5.32 Å². The van der Waals surface area contributed by atoms with E-state index in [-0.39, 0.29) is 29.9 Å². The summed E-state index contributed by atoms with van der Waals surface area (Å²) in [6, 6.07) is 4.87. The fraction of sp³-hybridized carbons (Fsp3) is 0.500. The number of rotatable bonds is 2. The van der Waals surface area contributed by atoms with Crippen LogP contribution in [-0.4, -0.2) is 52.1 Å². The van der Waals surface area contributed by atoms with Gasteiger partial charge in [0.2, 0.25) is 0 Å². The van der Waals surface area contributed by atoms with Crippen molar-refractivity contribution < 1.29 is 24.2 Å². The number of piperidine rings is 1. The second kappa shape index (κ2) is 6.19. The van der Waals surface area contributed by atoms with Gasteiger partial charge in [-0.15, -0.1) is 0 Å². The molecule has 1 aromatic carbocycles. The quantitative estimate of drug-likeness (QED) is 0.746. The molecule has 0 radical (unpaired) electrons. The Kier molecular flexibility index (Phi) is 3.97. The summed E-state index contributed by atoms with van der Waals surface area (Å²) in [6.07, 6.45) is 1.54. The number of amides is 3. The van der Waals surface area contributed by atoms with Gasteiger partial charge in [0.05, 0.1) is 5.69 Å². The van der Waals surface area contributed by atoms with Crippen molar-refractivity contribution in [3.05, 3.63) is 23.8 Å². The summed E-state index contributed by atoms with van der Waals surface area (Å²) in [7, 11) is 0. The Balaban J connectivity index is 1.44. The zero-order valence-electron chi connectivity index (χ0n) is 14.4. The van der Waals surface area contributed by atoms with Gasteiger partial charge in [0.25, 0.3) is 11.8 Å². The van der Waals surface area contributed by atoms with Gasteiger partial charge in [-0.3, -0.25) is 9.59 Å². The number of nitrogens with one attached hydrogen (secondary N) is 2. The van der Waals surface area contributed by atoms with Crippen LogP contribution in [0.3, 0.4) is 0 Å². The summed E-state index contributed by atoms with van der Waals surface area (Å²) in [4.78, 5) is 37.2. The van der Waals surface area contributed by atoms with Gasteiger partial charge in [0, 0.05) is 23.7 Å². The number of hydrogen-bond donors (Lipinski definition) is 3. The molecular weight excluding hydrogens is 338 g/mol. The third-order valence-electron chi connectivity index (χ3n) is 5.46. The molecular formula is C18H21N3O5. The molecule has 26 heavy (non-hydrogen) atoms. The predicted octanol–water partition coefficient (Wildman–Crippen LogP) is 1.81. The lowest BCUT2D eigenvalue weighted by molar-refractivity contribution is -0.122. The van der Waals surface area contributed by atoms with Crippen LogP contribution in [0.2, 0.25) is 0 Å². The Morgan fingerprint density at radius 2 is 1.96 bits per heavy atom. The first-order valence-electron chi connectivity index (χ1n) is 8.86. The summed E-state index contributed by atoms with van der Waals surface area (Å²) in [5.74, 6) is 0.0722. The second-order valence-corrected chi connectivity index (χ2v) is 7.18. The summed E-state index contributed by atoms with van der Waals surface area (Å²) in [5.41, 5.74) is 0.928. The van der Waals surface area contributed by atoms with E-state index in [1.807, 2.05) is 0 Å². The average molecular weight is 359 g/mol. The lowest BCUT2D eigenvalue weighted by Gasteiger charge is -2.37. The van der Waals surface area contributed by atoms with Crippen LogP contribution < -0.4 is 15.4 Å². The minimum Gasteiger partial charge on any atom is -0.479 e. The van der Waals surface area contributed by atoms with Crippen LogP contribution in [-0.2, 0) is 4.79 Å². The second-order valence-electron chi connectivity index (χ2n) is 7.18. The van der Waals surface area contributed by atoms with Gasteiger partial charge in [0.15, 0.2) is 6.10 Å². The van der Waals surface area contributed by atoms with Gasteiger partial charge >= 0.3 is 6.09 Å². The third-order valence-corrected chi connectivity index (χ3v) is 5.46. The third kappa shape index (κ3) is 2.85. The van der Waals surface area contributed by atoms with E-state index in [1.165, 1.54) is 4.90 Å². The summed E-state index contributed by atoms with van der Waals surface area (Å²) in [5, 5.41) is 15.1. The molecule has 3 amide bonds. The molecule has 0 spiro atoms. The SMILES string of the molecule is CC1Oc2ccc(C(=O)N[C@H]3C[C@H]4CC[C@@H](C3)N4C(=O)O)cc2NC1=O. The first-order valence-corrected chi connectivity index (χ1v) is 8.86. The number of nitrogens with zero attached hydrogens (tertiary/aromatic N) is 1. The Hall–Kier alpha value is -2.77. The molecule has 0 saturated carbocycles. The predicted molar refractivity (Wildman–Crippen MR) is 92.3 cm³/mol. The number of hydrogen-bond acceptors (Lipinski definition) is 4. The normalized spacial score (nSPS) is 29.4. The Morgan fingerprint density at radius 3 is 2.62 bits per heavy atom. The minimum atomic E-state index is -0.873. The molecule has 3 aliphatic rings. The summed E-state index contributed by atoms with van der Waals surface area (Å²) in [6.45, 7) is 1.66. The van der Waals surface area contributed by atoms with E-state index in [0.29, 0.717) is 29.8 Å². The Labute approximate surface area is 150 Å². The first kappa shape index (κ1) is 16.7. The van der Waals surface area contributed by atoms with Crippen LogP contribution in [0.4, 0.5) is 10.5 Å². The van der Waals surface area contributed by atoms with Crippen molar-refractivity contribution in [1.82, 2.24) is 10.2 Å². The lowest BCUT2D eigenvalue weighted by Crippen LogP contribution is -2.52. The van der Waals surface area contributed by atoms with Crippen LogP contribution >= 0.6 is 0 Å². The molecule has 1 aromatic rings. The maximum atomic E-state index is 12.6. The van der Waals surface area contributed by atoms with Crippen LogP contribution in [0.25, 0.3) is 0 Å². The highest BCUT2D eigenvalue weighted by Gasteiger charge is 2.43. The molecule has 3 N–H and O–H groups in total. The summed E-state index contributed by atoms with van der Waals surface area (Å²) < 4.78 is 5.49. The molecule has 2 fully saturated rings. The van der Waals surface area contributed by atoms with E-state index < -0.39 is 12.2 Å². The number of anilines is 1. The van der Waals surface area contributed by atoms with Crippen LogP contribution in [0.5, 0.6) is 5.75 Å². The van der Waals surface area contributed by atoms with Gasteiger partial charge in [-0.05, 0) is 50.8 Å². The van der Waals surface area contributed by atoms with E-state index in [0.717, 1.165) is 12.8 Å². The van der Waals surface area contributed by atoms with E-state index in [2.05, 4.69) is 10.6 Å². The van der Waals surface area contributed by atoms with Crippen molar-refractivity contribution in [1.29, 1.82) is 0 Å². The molecule has 4 atom stereocenters. The fourth-order valence-corrected chi connectivity index (χ4v) is 4.23. The highest BCUT2D eigenvalue weighted by Crippen LogP contribution is 2.36. The van der Waals surface area contributed by atoms with Crippen molar-refractivity contribution in [2.45, 2.75) is 56.8 Å². The maximum Gasteiger partial charge on any atom is 0.407 e. The molecule has 138 valence electrons. The van der Waals surface area contributed by atoms with Gasteiger partial charge in [-0.1, -0.05) is 0 Å². The molecule has 1 unspecified atom stereocenters. The van der Waals surface area contributed by atoms with Crippen LogP contribution in [0.1, 0.15) is 43.0 Å². The molecule has 2 bridgehead atoms. The number of carboxylic acid groups (broad SMARTS) is 1. The van der Waals surface area contributed by atoms with E-state index in [1.54, 1.807) is 25.1 Å². The van der Waals surface area contributed by atoms with E-state index in [9.17, 15) is 19.5 Å². The van der Waals surface area contributed by atoms with Crippen molar-refractivity contribution in [2.24, 2.45) is 0 Å². The van der Waals surface area contributed by atoms with Crippen LogP contribution in [0.15, 0.2) is 18.2 Å². The minimum absolute atomic E-state index is 0.0192. The average Bonchev–Trinajstić information content (AvgIpc) is 2.87. The number of ether oxygens (including phenoxy) is 1. The zero-order valence-corrected chi connectivity index (χ0v) is 14.4. The highest BCUT2D eigenvalue weighted by atomic mass is 16.5. The number of carbonyl (C=O) groups excluding carboxylic acids is 2. The molecule has 4 rings (SSSR count). The molecule has 2 saturated heterocycles. The number of benzene rings is 1. The Bertz CT molecular complexity index is 766. The fourth-order valence-electron chi connectivity index (χ4n) is 4.23. The molecule has 0 aliphatic carbocycles. The molecule has 8 heteroatoms. The van der Waals surface area contributed by atoms with Gasteiger partial charge in [-0.25, -0.2) is 4.79 Å². The first-order chi connectivity index (χ1) is 12.4. The smallest absolute Gasteiger partial charge is 0.407 e. The van der Waals surface area contributed by atoms with E-state index >= 15 is 0 Å². The van der Waals surface area contributed by atoms with Gasteiger partial charge < -0.3 is 25.4 Å². The molecule has 3 aliphatic heterocycles. The van der Waals surface area contributed by atoms with Gasteiger partial charge in [0.1, 0.15) is 5.75 Å². The number of carbonyl (C=O) groups is 3. The van der Waals surface area contributed by atoms with E-state index in [4.69, 9.17) is 4.74 Å². The molecule has 3 heterocycles. The zero-order chi connectivity index (χ0) is 18.4. The lowest BCUT2D eigenvalue weighted by atomic mass is 9.97. The molecule has 0 aromatic heterocycles. The standard InChI is InChI=1S/C18H21N3O5/c1-9-16(22)20-14-6-10(2-5-15(14)26-9)17(23)19-11-7-12-3-4-13(8-11)21(12)18(24)25/h2,5-6,9,11-13H,3-4,7-8H2,1H3,(H,19,23)(H,20,22)(H,24,25)/t9?,11-,12+,13-. The monoisotopic (exact) mass is 359 g/mol. The largest absolute Gasteiger partial charge is 0.479 e. The Morgan fingerprint density at radius 1 is 1.27 bits per heavy atom. The topological polar surface area (TPSA) is 108 Å². The summed E-state index contributed by atoms with van der Waals surface area (Å²) >= 11 is 0. The van der Waals surface area contributed by atoms with Crippen LogP contribution in [0, 0.1) is 0 Å². The maximum absolute atomic E-state index is 12.6. The van der Waals surface area contributed by atoms with Crippen molar-refractivity contribution >= 4 is 23.6 Å². The van der Waals surface area contributed by atoms with Crippen molar-refractivity contribution in [3.8, 4) is 5.75 Å². The molecule has 8 nitrogen and oxygen atoms in total.